The van der Waals surface area contributed by atoms with Gasteiger partial charge in [-0.2, -0.15) is 31.4 Å². The van der Waals surface area contributed by atoms with Gasteiger partial charge in [0.1, 0.15) is 17.3 Å². The van der Waals surface area contributed by atoms with Gasteiger partial charge in [0.15, 0.2) is 0 Å². The van der Waals surface area contributed by atoms with Gasteiger partial charge in [0.2, 0.25) is 0 Å². The van der Waals surface area contributed by atoms with Crippen LogP contribution < -0.4 is 0 Å². The summed E-state index contributed by atoms with van der Waals surface area (Å²) in [5, 5.41) is 18.6. The third kappa shape index (κ3) is 8.16. The monoisotopic (exact) mass is 622 g/mol. The number of furan rings is 1. The summed E-state index contributed by atoms with van der Waals surface area (Å²) in [4.78, 5) is 27.9. The number of fused-ring (bicyclic) bond motifs is 2. The second-order valence-electron chi connectivity index (χ2n) is 10.0. The Balaban J connectivity index is 0.000000303. The Hall–Kier alpha value is -3.86. The largest absolute Gasteiger partial charge is 0.490 e. The average Bonchev–Trinajstić information content (AvgIpc) is 3.65. The lowest BCUT2D eigenvalue weighted by molar-refractivity contribution is -0.193. The molecule has 11 nitrogen and oxygen atoms in total. The van der Waals surface area contributed by atoms with E-state index in [-0.39, 0.29) is 5.54 Å². The van der Waals surface area contributed by atoms with Crippen LogP contribution in [-0.2, 0) is 35.3 Å². The number of hydrogen-bond acceptors (Lipinski definition) is 7. The van der Waals surface area contributed by atoms with Crippen molar-refractivity contribution in [2.24, 2.45) is 7.05 Å². The van der Waals surface area contributed by atoms with Crippen LogP contribution in [0, 0.1) is 6.92 Å². The van der Waals surface area contributed by atoms with Crippen LogP contribution in [0.2, 0.25) is 0 Å². The number of alkyl halides is 6. The molecule has 1 fully saturated rings. The van der Waals surface area contributed by atoms with Crippen molar-refractivity contribution in [3.05, 3.63) is 48.1 Å². The minimum Gasteiger partial charge on any atom is -0.475 e. The Morgan fingerprint density at radius 2 is 1.56 bits per heavy atom. The number of halogens is 6. The minimum atomic E-state index is -5.08. The van der Waals surface area contributed by atoms with E-state index >= 15 is 0 Å². The third-order valence-electron chi connectivity index (χ3n) is 7.20. The van der Waals surface area contributed by atoms with Crippen molar-refractivity contribution in [1.29, 1.82) is 0 Å². The Labute approximate surface area is 242 Å². The molecule has 2 aliphatic heterocycles. The van der Waals surface area contributed by atoms with E-state index in [1.165, 1.54) is 11.5 Å². The van der Waals surface area contributed by atoms with E-state index in [9.17, 15) is 26.3 Å². The van der Waals surface area contributed by atoms with Gasteiger partial charge in [-0.3, -0.25) is 14.5 Å². The summed E-state index contributed by atoms with van der Waals surface area (Å²) >= 11 is 0. The van der Waals surface area contributed by atoms with E-state index < -0.39 is 24.3 Å². The molecule has 0 atom stereocenters. The second kappa shape index (κ2) is 13.2. The number of nitrogens with zero attached hydrogens (tertiary/aromatic N) is 6. The number of carbonyl (C=O) groups is 2. The summed E-state index contributed by atoms with van der Waals surface area (Å²) in [7, 11) is 1.97. The molecule has 0 aliphatic carbocycles. The van der Waals surface area contributed by atoms with Gasteiger partial charge in [0.25, 0.3) is 0 Å². The molecule has 2 aliphatic rings. The van der Waals surface area contributed by atoms with Gasteiger partial charge < -0.3 is 19.2 Å². The molecule has 0 amide bonds. The summed E-state index contributed by atoms with van der Waals surface area (Å²) in [6.07, 6.45) is -1.90. The van der Waals surface area contributed by atoms with E-state index in [1.54, 1.807) is 0 Å². The van der Waals surface area contributed by atoms with Crippen LogP contribution in [-0.4, -0.2) is 89.8 Å². The fraction of sp³-hybridized carbons (Fsp3) is 0.538. The Bertz CT molecular complexity index is 1360. The maximum Gasteiger partial charge on any atom is 0.490 e. The van der Waals surface area contributed by atoms with Crippen LogP contribution in [0.5, 0.6) is 0 Å². The second-order valence-corrected chi connectivity index (χ2v) is 10.0. The Morgan fingerprint density at radius 1 is 0.977 bits per heavy atom. The molecule has 0 radical (unpaired) electrons. The summed E-state index contributed by atoms with van der Waals surface area (Å²) in [6, 6.07) is 4.16. The van der Waals surface area contributed by atoms with Crippen LogP contribution in [0.4, 0.5) is 26.3 Å². The number of aliphatic carboxylic acids is 2. The first kappa shape index (κ1) is 33.6. The molecular formula is C26H32F6N6O5. The van der Waals surface area contributed by atoms with Crippen molar-refractivity contribution in [1.82, 2.24) is 29.1 Å². The van der Waals surface area contributed by atoms with Gasteiger partial charge in [0.05, 0.1) is 30.2 Å². The number of aromatic nitrogens is 4. The third-order valence-corrected chi connectivity index (χ3v) is 7.20. The number of likely N-dealkylation sites (N-methyl/N-ethyl adjacent to an activating group) is 1. The normalized spacial score (nSPS) is 17.0. The lowest BCUT2D eigenvalue weighted by Crippen LogP contribution is -2.57. The van der Waals surface area contributed by atoms with E-state index in [4.69, 9.17) is 29.2 Å². The minimum absolute atomic E-state index is 0.0308. The molecule has 3 aromatic rings. The van der Waals surface area contributed by atoms with Crippen LogP contribution in [0.1, 0.15) is 37.1 Å². The molecule has 3 aromatic heterocycles. The maximum atomic E-state index is 10.6. The predicted molar refractivity (Wildman–Crippen MR) is 139 cm³/mol. The standard InChI is InChI=1S/C22H30N6O.2C2HF3O2/c1-4-27-11-12-28-20(18-13-24-25(3)15-18)14-23-21(28)22(27)7-9-26(10-8-22)16-19-6-5-17(2)29-19;2*3-2(4,5)1(6)7/h5-6,13-15H,4,7-12,16H2,1-3H3;2*(H,6,7). The van der Waals surface area contributed by atoms with Crippen LogP contribution in [0.15, 0.2) is 35.1 Å². The summed E-state index contributed by atoms with van der Waals surface area (Å²) in [6.45, 7) is 10.4. The van der Waals surface area contributed by atoms with Crippen molar-refractivity contribution in [2.45, 2.75) is 57.7 Å². The Morgan fingerprint density at radius 3 is 2.00 bits per heavy atom. The van der Waals surface area contributed by atoms with E-state index in [0.29, 0.717) is 0 Å². The number of imidazole rings is 1. The van der Waals surface area contributed by atoms with Crippen LogP contribution in [0.25, 0.3) is 11.3 Å². The van der Waals surface area contributed by atoms with Gasteiger partial charge in [0, 0.05) is 45.0 Å². The van der Waals surface area contributed by atoms with Crippen LogP contribution in [0.3, 0.4) is 0 Å². The smallest absolute Gasteiger partial charge is 0.475 e. The van der Waals surface area contributed by atoms with Gasteiger partial charge >= 0.3 is 24.3 Å². The maximum absolute atomic E-state index is 10.6. The highest BCUT2D eigenvalue weighted by Gasteiger charge is 2.46. The van der Waals surface area contributed by atoms with E-state index in [2.05, 4.69) is 44.7 Å². The SMILES string of the molecule is CCN1CCn2c(-c3cnn(C)c3)cnc2C12CCN(Cc1ccc(C)o1)CC2.O=C(O)C(F)(F)F.O=C(O)C(F)(F)F. The molecule has 0 saturated carbocycles. The number of piperidine rings is 1. The molecule has 0 unspecified atom stereocenters. The first-order chi connectivity index (χ1) is 20.0. The zero-order valence-corrected chi connectivity index (χ0v) is 23.6. The highest BCUT2D eigenvalue weighted by Crippen LogP contribution is 2.42. The molecule has 2 N–H and O–H groups in total. The number of aryl methyl sites for hydroxylation is 2. The van der Waals surface area contributed by atoms with E-state index in [0.717, 1.165) is 69.2 Å². The van der Waals surface area contributed by atoms with Crippen molar-refractivity contribution in [3.63, 3.8) is 0 Å². The fourth-order valence-electron chi connectivity index (χ4n) is 5.21. The van der Waals surface area contributed by atoms with Gasteiger partial charge in [-0.25, -0.2) is 14.6 Å². The zero-order chi connectivity index (χ0) is 32.2. The van der Waals surface area contributed by atoms with Crippen molar-refractivity contribution < 1.29 is 50.6 Å². The Kier molecular flexibility index (Phi) is 10.3. The van der Waals surface area contributed by atoms with Gasteiger partial charge in [-0.15, -0.1) is 0 Å². The predicted octanol–water partition coefficient (Wildman–Crippen LogP) is 4.28. The summed E-state index contributed by atoms with van der Waals surface area (Å²) in [5.74, 6) is -2.23. The first-order valence-electron chi connectivity index (χ1n) is 13.2. The zero-order valence-electron chi connectivity index (χ0n) is 23.6. The lowest BCUT2D eigenvalue weighted by Gasteiger charge is -2.50. The molecule has 0 bridgehead atoms. The highest BCUT2D eigenvalue weighted by molar-refractivity contribution is 5.73. The molecule has 5 rings (SSSR count). The number of hydrogen-bond donors (Lipinski definition) is 2. The number of carboxylic acids is 2. The molecule has 238 valence electrons. The quantitative estimate of drug-likeness (QED) is 0.410. The van der Waals surface area contributed by atoms with Gasteiger partial charge in [-0.05, 0) is 38.4 Å². The van der Waals surface area contributed by atoms with Crippen LogP contribution >= 0.6 is 0 Å². The van der Waals surface area contributed by atoms with Crippen molar-refractivity contribution in [2.75, 3.05) is 26.2 Å². The molecule has 1 saturated heterocycles. The average molecular weight is 623 g/mol. The molecule has 5 heterocycles. The molecule has 1 spiro atoms. The summed E-state index contributed by atoms with van der Waals surface area (Å²) in [5.41, 5.74) is 2.37. The lowest BCUT2D eigenvalue weighted by atomic mass is 9.83. The fourth-order valence-corrected chi connectivity index (χ4v) is 5.21. The molecule has 0 aromatic carbocycles. The highest BCUT2D eigenvalue weighted by atomic mass is 19.4. The number of rotatable bonds is 4. The molecular weight excluding hydrogens is 590 g/mol. The number of carboxylic acid groups (broad SMARTS) is 2. The number of likely N-dealkylation sites (tertiary alicyclic amines) is 1. The van der Waals surface area contributed by atoms with Crippen molar-refractivity contribution >= 4 is 11.9 Å². The first-order valence-corrected chi connectivity index (χ1v) is 13.2. The summed E-state index contributed by atoms with van der Waals surface area (Å²) < 4.78 is 73.6. The van der Waals surface area contributed by atoms with E-state index in [1.807, 2.05) is 31.0 Å². The molecule has 17 heteroatoms. The molecule has 43 heavy (non-hydrogen) atoms. The van der Waals surface area contributed by atoms with Crippen molar-refractivity contribution in [3.8, 4) is 11.3 Å². The van der Waals surface area contributed by atoms with Gasteiger partial charge in [-0.1, -0.05) is 6.92 Å². The topological polar surface area (TPSA) is 130 Å².